The zero-order valence-corrected chi connectivity index (χ0v) is 14.4. The van der Waals surface area contributed by atoms with Crippen LogP contribution in [0.2, 0.25) is 0 Å². The van der Waals surface area contributed by atoms with Gasteiger partial charge >= 0.3 is 6.03 Å². The molecule has 144 valence electrons. The Bertz CT molecular complexity index is 592. The first-order valence-corrected chi connectivity index (χ1v) is 8.01. The van der Waals surface area contributed by atoms with Gasteiger partial charge in [0.05, 0.1) is 31.8 Å². The minimum Gasteiger partial charge on any atom is -0.396 e. The van der Waals surface area contributed by atoms with E-state index in [1.54, 1.807) is 37.3 Å². The molecule has 0 aliphatic carbocycles. The third kappa shape index (κ3) is 4.25. The summed E-state index contributed by atoms with van der Waals surface area (Å²) in [6.07, 6.45) is 0.294. The van der Waals surface area contributed by atoms with Crippen molar-refractivity contribution in [1.29, 1.82) is 0 Å². The summed E-state index contributed by atoms with van der Waals surface area (Å²) in [7, 11) is 0. The Morgan fingerprint density at radius 1 is 0.846 bits per heavy atom. The highest BCUT2D eigenvalue weighted by Crippen LogP contribution is 2.30. The Morgan fingerprint density at radius 3 is 1.58 bits per heavy atom. The molecule has 0 aromatic heterocycles. The number of imide groups is 2. The van der Waals surface area contributed by atoms with E-state index < -0.39 is 55.1 Å². The summed E-state index contributed by atoms with van der Waals surface area (Å²) in [5, 5.41) is 38.3. The molecule has 1 aliphatic heterocycles. The molecule has 0 unspecified atom stereocenters. The van der Waals surface area contributed by atoms with E-state index in [2.05, 4.69) is 10.6 Å². The van der Waals surface area contributed by atoms with Gasteiger partial charge in [-0.1, -0.05) is 37.3 Å². The Balaban J connectivity index is 0.000000321. The smallest absolute Gasteiger partial charge is 0.328 e. The van der Waals surface area contributed by atoms with E-state index >= 15 is 0 Å². The van der Waals surface area contributed by atoms with Crippen molar-refractivity contribution in [3.63, 3.8) is 0 Å². The second kappa shape index (κ2) is 9.39. The standard InChI is InChI=1S/C12H12N2O3.C5H12O4/c1-2-12(8-6-4-3-5-7-8)9(15)13-11(17)14-10(12)16;6-1-5(2-7,3-8)4-9/h3-7H,2H2,1H3,(H2,13,14,15,16,17);6-9H,1-4H2. The highest BCUT2D eigenvalue weighted by molar-refractivity contribution is 6.22. The number of nitrogens with one attached hydrogen (secondary N) is 2. The van der Waals surface area contributed by atoms with Crippen LogP contribution < -0.4 is 10.6 Å². The van der Waals surface area contributed by atoms with E-state index in [4.69, 9.17) is 20.4 Å². The van der Waals surface area contributed by atoms with E-state index in [-0.39, 0.29) is 0 Å². The highest BCUT2D eigenvalue weighted by atomic mass is 16.3. The van der Waals surface area contributed by atoms with Crippen LogP contribution in [0.4, 0.5) is 4.79 Å². The fourth-order valence-corrected chi connectivity index (χ4v) is 2.36. The predicted molar refractivity (Wildman–Crippen MR) is 90.9 cm³/mol. The van der Waals surface area contributed by atoms with Gasteiger partial charge in [-0.05, 0) is 12.0 Å². The summed E-state index contributed by atoms with van der Waals surface area (Å²) >= 11 is 0. The van der Waals surface area contributed by atoms with Crippen LogP contribution in [-0.4, -0.2) is 64.7 Å². The number of carbonyl (C=O) groups is 3. The van der Waals surface area contributed by atoms with Crippen LogP contribution in [0.15, 0.2) is 30.3 Å². The number of hydrogen-bond acceptors (Lipinski definition) is 7. The Morgan fingerprint density at radius 2 is 1.27 bits per heavy atom. The maximum atomic E-state index is 12.0. The number of barbiturate groups is 1. The first-order valence-electron chi connectivity index (χ1n) is 8.01. The van der Waals surface area contributed by atoms with Crippen molar-refractivity contribution in [2.75, 3.05) is 26.4 Å². The summed E-state index contributed by atoms with van der Waals surface area (Å²) in [4.78, 5) is 35.0. The molecule has 1 heterocycles. The zero-order chi connectivity index (χ0) is 19.8. The molecule has 4 amide bonds. The van der Waals surface area contributed by atoms with E-state index in [0.717, 1.165) is 0 Å². The van der Waals surface area contributed by atoms with Crippen molar-refractivity contribution in [2.45, 2.75) is 18.8 Å². The van der Waals surface area contributed by atoms with E-state index in [1.165, 1.54) is 0 Å². The van der Waals surface area contributed by atoms with Crippen molar-refractivity contribution in [2.24, 2.45) is 5.41 Å². The largest absolute Gasteiger partial charge is 0.396 e. The molecule has 1 fully saturated rings. The molecule has 0 bridgehead atoms. The lowest BCUT2D eigenvalue weighted by atomic mass is 9.75. The van der Waals surface area contributed by atoms with E-state index in [1.807, 2.05) is 0 Å². The van der Waals surface area contributed by atoms with Gasteiger partial charge in [0, 0.05) is 0 Å². The van der Waals surface area contributed by atoms with Gasteiger partial charge in [-0.2, -0.15) is 0 Å². The number of amides is 4. The molecule has 9 nitrogen and oxygen atoms in total. The number of carbonyl (C=O) groups excluding carboxylic acids is 3. The van der Waals surface area contributed by atoms with Gasteiger partial charge in [-0.15, -0.1) is 0 Å². The summed E-state index contributed by atoms with van der Waals surface area (Å²) < 4.78 is 0. The predicted octanol–water partition coefficient (Wildman–Crippen LogP) is -1.36. The summed E-state index contributed by atoms with van der Waals surface area (Å²) in [6, 6.07) is 7.96. The second-order valence-electron chi connectivity index (χ2n) is 5.99. The molecule has 1 aliphatic rings. The molecule has 1 aromatic carbocycles. The minimum atomic E-state index is -1.31. The second-order valence-corrected chi connectivity index (χ2v) is 5.99. The van der Waals surface area contributed by atoms with Crippen LogP contribution in [0.1, 0.15) is 18.9 Å². The molecule has 0 atom stereocenters. The SMILES string of the molecule is CCC1(c2ccccc2)C(=O)NC(=O)NC1=O.OCC(CO)(CO)CO. The normalized spacial score (nSPS) is 16.3. The van der Waals surface area contributed by atoms with Gasteiger partial charge in [0.1, 0.15) is 0 Å². The Kier molecular flexibility index (Phi) is 7.84. The first-order chi connectivity index (χ1) is 12.4. The number of urea groups is 1. The number of aliphatic hydroxyl groups excluding tert-OH is 4. The molecule has 2 rings (SSSR count). The molecule has 6 N–H and O–H groups in total. The van der Waals surface area contributed by atoms with Gasteiger partial charge in [-0.3, -0.25) is 20.2 Å². The van der Waals surface area contributed by atoms with Crippen LogP contribution in [0.5, 0.6) is 0 Å². The summed E-state index contributed by atoms with van der Waals surface area (Å²) in [6.45, 7) is 0.113. The average molecular weight is 368 g/mol. The van der Waals surface area contributed by atoms with Crippen molar-refractivity contribution in [3.8, 4) is 0 Å². The van der Waals surface area contributed by atoms with Gasteiger partial charge < -0.3 is 20.4 Å². The maximum absolute atomic E-state index is 12.0. The molecule has 0 radical (unpaired) electrons. The van der Waals surface area contributed by atoms with Gasteiger partial charge in [-0.25, -0.2) is 4.79 Å². The number of aliphatic hydroxyl groups is 4. The molecular formula is C17H24N2O7. The van der Waals surface area contributed by atoms with Crippen molar-refractivity contribution in [1.82, 2.24) is 10.6 Å². The highest BCUT2D eigenvalue weighted by Gasteiger charge is 2.50. The molecular weight excluding hydrogens is 344 g/mol. The summed E-state index contributed by atoms with van der Waals surface area (Å²) in [5.74, 6) is -1.14. The lowest BCUT2D eigenvalue weighted by Gasteiger charge is -2.33. The Hall–Kier alpha value is -2.33. The molecule has 0 saturated carbocycles. The number of rotatable bonds is 6. The fraction of sp³-hybridized carbons (Fsp3) is 0.471. The van der Waals surface area contributed by atoms with Gasteiger partial charge in [0.15, 0.2) is 5.41 Å². The van der Waals surface area contributed by atoms with Crippen LogP contribution >= 0.6 is 0 Å². The molecule has 0 spiro atoms. The Labute approximate surface area is 150 Å². The topological polar surface area (TPSA) is 156 Å². The quantitative estimate of drug-likeness (QED) is 0.339. The lowest BCUT2D eigenvalue weighted by Crippen LogP contribution is -2.64. The first kappa shape index (κ1) is 21.7. The molecule has 26 heavy (non-hydrogen) atoms. The molecule has 9 heteroatoms. The van der Waals surface area contributed by atoms with Crippen LogP contribution in [-0.2, 0) is 15.0 Å². The maximum Gasteiger partial charge on any atom is 0.328 e. The minimum absolute atomic E-state index is 0.294. The van der Waals surface area contributed by atoms with E-state index in [9.17, 15) is 14.4 Å². The van der Waals surface area contributed by atoms with Crippen molar-refractivity contribution >= 4 is 17.8 Å². The average Bonchev–Trinajstić information content (AvgIpc) is 2.66. The van der Waals surface area contributed by atoms with E-state index in [0.29, 0.717) is 12.0 Å². The van der Waals surface area contributed by atoms with Gasteiger partial charge in [0.25, 0.3) is 0 Å². The third-order valence-corrected chi connectivity index (χ3v) is 4.37. The third-order valence-electron chi connectivity index (χ3n) is 4.37. The number of benzene rings is 1. The van der Waals surface area contributed by atoms with Crippen molar-refractivity contribution < 1.29 is 34.8 Å². The fourth-order valence-electron chi connectivity index (χ4n) is 2.36. The molecule has 1 aromatic rings. The summed E-state index contributed by atoms with van der Waals surface area (Å²) in [5.41, 5.74) is -1.83. The van der Waals surface area contributed by atoms with Crippen LogP contribution in [0.25, 0.3) is 0 Å². The molecule has 1 saturated heterocycles. The zero-order valence-electron chi connectivity index (χ0n) is 14.4. The number of hydrogen-bond donors (Lipinski definition) is 6. The monoisotopic (exact) mass is 368 g/mol. The lowest BCUT2D eigenvalue weighted by molar-refractivity contribution is -0.138. The van der Waals surface area contributed by atoms with Crippen molar-refractivity contribution in [3.05, 3.63) is 35.9 Å². The van der Waals surface area contributed by atoms with Crippen LogP contribution in [0, 0.1) is 5.41 Å². The van der Waals surface area contributed by atoms with Crippen LogP contribution in [0.3, 0.4) is 0 Å². The van der Waals surface area contributed by atoms with Gasteiger partial charge in [0.2, 0.25) is 11.8 Å².